The average molecular weight is 674 g/mol. The molecule has 0 heterocycles. The fraction of sp³-hybridized carbons (Fsp3) is 0.436. The summed E-state index contributed by atoms with van der Waals surface area (Å²) in [5.41, 5.74) is 1.33. The summed E-state index contributed by atoms with van der Waals surface area (Å²) < 4.78 is 11.2. The van der Waals surface area contributed by atoms with Crippen LogP contribution in [-0.4, -0.2) is 63.2 Å². The molecule has 0 aromatic heterocycles. The summed E-state index contributed by atoms with van der Waals surface area (Å²) in [6, 6.07) is 18.9. The van der Waals surface area contributed by atoms with Gasteiger partial charge in [0.05, 0.1) is 0 Å². The number of phenolic OH excluding ortho intramolecular Hbond substituents is 1. The van der Waals surface area contributed by atoms with Gasteiger partial charge in [-0.2, -0.15) is 0 Å². The summed E-state index contributed by atoms with van der Waals surface area (Å²) in [6.07, 6.45) is -0.572. The second-order valence-corrected chi connectivity index (χ2v) is 14.5. The summed E-state index contributed by atoms with van der Waals surface area (Å²) in [4.78, 5) is 57.2. The van der Waals surface area contributed by atoms with Gasteiger partial charge in [-0.15, -0.1) is 0 Å². The molecule has 3 unspecified atom stereocenters. The van der Waals surface area contributed by atoms with Crippen LogP contribution in [-0.2, 0) is 36.7 Å². The fourth-order valence-corrected chi connectivity index (χ4v) is 5.23. The normalized spacial score (nSPS) is 13.5. The number of esters is 1. The maximum atomic E-state index is 14.7. The third-order valence-electron chi connectivity index (χ3n) is 7.39. The van der Waals surface area contributed by atoms with Crippen molar-refractivity contribution in [3.05, 3.63) is 101 Å². The second kappa shape index (κ2) is 16.5. The number of ether oxygens (including phenoxy) is 2. The predicted octanol–water partition coefficient (Wildman–Crippen LogP) is 6.18. The van der Waals surface area contributed by atoms with Crippen LogP contribution in [0.25, 0.3) is 0 Å². The van der Waals surface area contributed by atoms with Gasteiger partial charge < -0.3 is 30.1 Å². The van der Waals surface area contributed by atoms with E-state index in [2.05, 4.69) is 10.6 Å². The molecule has 0 spiro atoms. The van der Waals surface area contributed by atoms with Crippen molar-refractivity contribution in [3.8, 4) is 5.75 Å². The number of nitrogens with zero attached hydrogens (tertiary/aromatic N) is 1. The zero-order valence-electron chi connectivity index (χ0n) is 30.1. The van der Waals surface area contributed by atoms with E-state index in [1.54, 1.807) is 79.7 Å². The number of carbonyl (C=O) groups is 4. The number of hydrogen-bond acceptors (Lipinski definition) is 7. The molecule has 10 nitrogen and oxygen atoms in total. The van der Waals surface area contributed by atoms with Crippen LogP contribution in [0, 0.1) is 6.92 Å². The lowest BCUT2D eigenvalue weighted by molar-refractivity contribution is -0.159. The maximum Gasteiger partial charge on any atom is 0.408 e. The van der Waals surface area contributed by atoms with E-state index in [0.29, 0.717) is 11.1 Å². The first-order chi connectivity index (χ1) is 22.8. The molecule has 3 atom stereocenters. The molecule has 0 aliphatic heterocycles. The van der Waals surface area contributed by atoms with Crippen LogP contribution < -0.4 is 10.6 Å². The molecule has 3 amide bonds. The zero-order valence-corrected chi connectivity index (χ0v) is 30.1. The lowest BCUT2D eigenvalue weighted by Gasteiger charge is -2.38. The van der Waals surface area contributed by atoms with Crippen molar-refractivity contribution in [1.82, 2.24) is 15.5 Å². The maximum absolute atomic E-state index is 14.7. The van der Waals surface area contributed by atoms with Gasteiger partial charge in [-0.3, -0.25) is 9.59 Å². The van der Waals surface area contributed by atoms with Crippen LogP contribution in [0.3, 0.4) is 0 Å². The number of benzene rings is 3. The summed E-state index contributed by atoms with van der Waals surface area (Å²) in [7, 11) is 0. The van der Waals surface area contributed by atoms with E-state index in [-0.39, 0.29) is 18.6 Å². The Labute approximate surface area is 290 Å². The minimum absolute atomic E-state index is 0.0539. The molecule has 3 rings (SSSR count). The molecule has 0 fully saturated rings. The van der Waals surface area contributed by atoms with Crippen molar-refractivity contribution in [1.29, 1.82) is 0 Å². The zero-order chi connectivity index (χ0) is 36.5. The van der Waals surface area contributed by atoms with Gasteiger partial charge in [0.2, 0.25) is 11.8 Å². The molecular weight excluding hydrogens is 622 g/mol. The van der Waals surface area contributed by atoms with Gasteiger partial charge in [-0.05, 0) is 91.1 Å². The number of aromatic hydroxyl groups is 1. The Kier molecular flexibility index (Phi) is 13.0. The molecule has 3 aromatic carbocycles. The highest BCUT2D eigenvalue weighted by molar-refractivity contribution is 5.94. The highest BCUT2D eigenvalue weighted by Gasteiger charge is 2.39. The topological polar surface area (TPSA) is 134 Å². The van der Waals surface area contributed by atoms with Gasteiger partial charge >= 0.3 is 12.1 Å². The molecule has 0 aliphatic carbocycles. The number of carbonyl (C=O) groups excluding carboxylic acids is 4. The van der Waals surface area contributed by atoms with Gasteiger partial charge in [0.15, 0.2) is 0 Å². The molecule has 0 radical (unpaired) electrons. The highest BCUT2D eigenvalue weighted by Crippen LogP contribution is 2.27. The first-order valence-electron chi connectivity index (χ1n) is 16.6. The fourth-order valence-electron chi connectivity index (χ4n) is 5.23. The molecular formula is C39H51N3O7. The summed E-state index contributed by atoms with van der Waals surface area (Å²) in [5, 5.41) is 15.5. The SMILES string of the molecule is Cc1ccc(C(C(=O)NC(Cc2ccccc2)C(=O)OC(C)(C)C)N(C(=O)C(Cc2ccc(O)cc2)NC(=O)OC(C)(C)C)C(C)C)cc1. The first-order valence-corrected chi connectivity index (χ1v) is 16.6. The molecule has 3 aromatic rings. The highest BCUT2D eigenvalue weighted by atomic mass is 16.6. The lowest BCUT2D eigenvalue weighted by atomic mass is 9.97. The van der Waals surface area contributed by atoms with Gasteiger partial charge in [-0.25, -0.2) is 9.59 Å². The van der Waals surface area contributed by atoms with Crippen molar-refractivity contribution in [2.45, 2.75) is 111 Å². The van der Waals surface area contributed by atoms with Crippen LogP contribution in [0.1, 0.15) is 83.7 Å². The van der Waals surface area contributed by atoms with E-state index in [1.165, 1.54) is 17.0 Å². The molecule has 0 saturated heterocycles. The van der Waals surface area contributed by atoms with Gasteiger partial charge in [0.1, 0.15) is 35.1 Å². The number of alkyl carbamates (subject to hydrolysis) is 1. The second-order valence-electron chi connectivity index (χ2n) is 14.5. The monoisotopic (exact) mass is 673 g/mol. The standard InChI is InChI=1S/C39H51N3O7/c1-25(2)42(35(45)31(41-37(47)49-39(7,8)9)23-28-17-21-30(43)22-18-28)33(29-19-15-26(3)16-20-29)34(44)40-32(36(46)48-38(4,5)6)24-27-13-11-10-12-14-27/h10-22,25,31-33,43H,23-24H2,1-9H3,(H,40,44)(H,41,47). The molecule has 49 heavy (non-hydrogen) atoms. The predicted molar refractivity (Wildman–Crippen MR) is 189 cm³/mol. The van der Waals surface area contributed by atoms with E-state index >= 15 is 0 Å². The molecule has 10 heteroatoms. The summed E-state index contributed by atoms with van der Waals surface area (Å²) >= 11 is 0. The van der Waals surface area contributed by atoms with E-state index in [9.17, 15) is 24.3 Å². The van der Waals surface area contributed by atoms with Crippen LogP contribution in [0.5, 0.6) is 5.75 Å². The Morgan fingerprint density at radius 2 is 1.24 bits per heavy atom. The molecule has 0 saturated carbocycles. The van der Waals surface area contributed by atoms with Crippen LogP contribution in [0.4, 0.5) is 4.79 Å². The van der Waals surface area contributed by atoms with Crippen LogP contribution >= 0.6 is 0 Å². The van der Waals surface area contributed by atoms with Crippen molar-refractivity contribution in [2.75, 3.05) is 0 Å². The van der Waals surface area contributed by atoms with E-state index in [0.717, 1.165) is 11.1 Å². The number of rotatable bonds is 12. The van der Waals surface area contributed by atoms with Crippen molar-refractivity contribution >= 4 is 23.9 Å². The van der Waals surface area contributed by atoms with Crippen LogP contribution in [0.2, 0.25) is 0 Å². The van der Waals surface area contributed by atoms with Gasteiger partial charge in [-0.1, -0.05) is 72.3 Å². The van der Waals surface area contributed by atoms with E-state index in [4.69, 9.17) is 9.47 Å². The minimum atomic E-state index is -1.18. The smallest absolute Gasteiger partial charge is 0.408 e. The number of nitrogens with one attached hydrogen (secondary N) is 2. The quantitative estimate of drug-likeness (QED) is 0.196. The third-order valence-corrected chi connectivity index (χ3v) is 7.39. The number of hydrogen-bond donors (Lipinski definition) is 3. The third kappa shape index (κ3) is 12.3. The Morgan fingerprint density at radius 1 is 0.714 bits per heavy atom. The Balaban J connectivity index is 2.08. The largest absolute Gasteiger partial charge is 0.508 e. The minimum Gasteiger partial charge on any atom is -0.508 e. The molecule has 3 N–H and O–H groups in total. The molecule has 0 aliphatic rings. The summed E-state index contributed by atoms with van der Waals surface area (Å²) in [5.74, 6) is -1.67. The lowest BCUT2D eigenvalue weighted by Crippen LogP contribution is -2.57. The van der Waals surface area contributed by atoms with Crippen molar-refractivity contribution in [3.63, 3.8) is 0 Å². The van der Waals surface area contributed by atoms with E-state index in [1.807, 2.05) is 49.4 Å². The molecule has 0 bridgehead atoms. The Bertz CT molecular complexity index is 1560. The Hall–Kier alpha value is -4.86. The Morgan fingerprint density at radius 3 is 1.78 bits per heavy atom. The van der Waals surface area contributed by atoms with Crippen molar-refractivity contribution in [2.24, 2.45) is 0 Å². The van der Waals surface area contributed by atoms with Gasteiger partial charge in [0.25, 0.3) is 0 Å². The number of amides is 3. The number of phenols is 1. The average Bonchev–Trinajstić information content (AvgIpc) is 2.99. The molecule has 264 valence electrons. The van der Waals surface area contributed by atoms with Crippen molar-refractivity contribution < 1.29 is 33.8 Å². The summed E-state index contributed by atoms with van der Waals surface area (Å²) in [6.45, 7) is 15.9. The number of aryl methyl sites for hydroxylation is 1. The van der Waals surface area contributed by atoms with Gasteiger partial charge in [0, 0.05) is 18.9 Å². The van der Waals surface area contributed by atoms with E-state index < -0.39 is 59.2 Å². The first kappa shape index (κ1) is 38.6. The van der Waals surface area contributed by atoms with Crippen LogP contribution in [0.15, 0.2) is 78.9 Å².